The van der Waals surface area contributed by atoms with Gasteiger partial charge >= 0.3 is 11.9 Å². The maximum atomic E-state index is 13.2. The molecule has 1 aliphatic heterocycles. The van der Waals surface area contributed by atoms with Crippen LogP contribution in [0.2, 0.25) is 0 Å². The summed E-state index contributed by atoms with van der Waals surface area (Å²) in [7, 11) is -3.73. The van der Waals surface area contributed by atoms with Gasteiger partial charge in [-0.1, -0.05) is 60.2 Å². The minimum Gasteiger partial charge on any atom is -0.458 e. The molecule has 4 rings (SSSR count). The molecule has 1 fully saturated rings. The van der Waals surface area contributed by atoms with Gasteiger partial charge in [-0.2, -0.15) is 0 Å². The molecule has 41 heavy (non-hydrogen) atoms. The summed E-state index contributed by atoms with van der Waals surface area (Å²) in [4.78, 5) is 25.6. The van der Waals surface area contributed by atoms with Crippen molar-refractivity contribution in [1.82, 2.24) is 0 Å². The lowest BCUT2D eigenvalue weighted by molar-refractivity contribution is -0.0449. The standard InChI is InChI=1S/C32H34O8S/c1-3-10-28-27(21-41(36,37)26-17-15-22(2)16-18-26)30(33)29(40-28)19-25(39-32(35)24-13-8-5-9-14-24)20-38-31(34)23-11-6-4-7-12-23/h3-9,11-18,25,27-30,33H,1,10,19-21H2,2H3/t25-,27-,28-,29+,30+/m0/s1. The van der Waals surface area contributed by atoms with Crippen molar-refractivity contribution in [3.8, 4) is 0 Å². The van der Waals surface area contributed by atoms with Crippen LogP contribution in [0.25, 0.3) is 0 Å². The minimum absolute atomic E-state index is 0.0173. The Kier molecular flexibility index (Phi) is 10.1. The van der Waals surface area contributed by atoms with Crippen molar-refractivity contribution in [2.75, 3.05) is 12.4 Å². The highest BCUT2D eigenvalue weighted by molar-refractivity contribution is 7.91. The highest BCUT2D eigenvalue weighted by atomic mass is 32.2. The molecule has 1 saturated heterocycles. The van der Waals surface area contributed by atoms with E-state index in [4.69, 9.17) is 14.2 Å². The van der Waals surface area contributed by atoms with E-state index in [1.165, 1.54) is 0 Å². The number of aliphatic hydroxyl groups is 1. The molecule has 8 nitrogen and oxygen atoms in total. The summed E-state index contributed by atoms with van der Waals surface area (Å²) in [5.41, 5.74) is 1.58. The molecule has 3 aromatic carbocycles. The summed E-state index contributed by atoms with van der Waals surface area (Å²) in [6, 6.07) is 23.3. The molecule has 0 spiro atoms. The first-order valence-corrected chi connectivity index (χ1v) is 15.0. The van der Waals surface area contributed by atoms with Crippen LogP contribution in [-0.2, 0) is 24.0 Å². The van der Waals surface area contributed by atoms with Crippen molar-refractivity contribution in [3.05, 3.63) is 114 Å². The van der Waals surface area contributed by atoms with E-state index in [-0.39, 0.29) is 23.7 Å². The highest BCUT2D eigenvalue weighted by Gasteiger charge is 2.46. The van der Waals surface area contributed by atoms with Gasteiger partial charge in [0.05, 0.1) is 40.1 Å². The number of aliphatic hydroxyl groups excluding tert-OH is 1. The van der Waals surface area contributed by atoms with Crippen molar-refractivity contribution in [1.29, 1.82) is 0 Å². The second-order valence-corrected chi connectivity index (χ2v) is 12.1. The number of carbonyl (C=O) groups excluding carboxylic acids is 2. The molecule has 0 saturated carbocycles. The fourth-order valence-corrected chi connectivity index (χ4v) is 6.48. The van der Waals surface area contributed by atoms with E-state index in [0.29, 0.717) is 17.5 Å². The smallest absolute Gasteiger partial charge is 0.338 e. The van der Waals surface area contributed by atoms with Crippen molar-refractivity contribution in [2.45, 2.75) is 49.1 Å². The van der Waals surface area contributed by atoms with E-state index in [0.717, 1.165) is 5.56 Å². The molecule has 0 radical (unpaired) electrons. The van der Waals surface area contributed by atoms with Gasteiger partial charge in [0.1, 0.15) is 12.7 Å². The number of esters is 2. The zero-order valence-corrected chi connectivity index (χ0v) is 23.6. The van der Waals surface area contributed by atoms with Gasteiger partial charge in [0.25, 0.3) is 0 Å². The lowest BCUT2D eigenvalue weighted by Crippen LogP contribution is -2.36. The summed E-state index contributed by atoms with van der Waals surface area (Å²) in [5.74, 6) is -2.29. The van der Waals surface area contributed by atoms with Crippen LogP contribution in [0.1, 0.15) is 39.1 Å². The number of benzene rings is 3. The predicted molar refractivity (Wildman–Crippen MR) is 153 cm³/mol. The van der Waals surface area contributed by atoms with Gasteiger partial charge in [0.15, 0.2) is 9.84 Å². The third-order valence-electron chi connectivity index (χ3n) is 7.03. The average Bonchev–Trinajstić information content (AvgIpc) is 3.25. The van der Waals surface area contributed by atoms with Crippen LogP contribution in [-0.4, -0.2) is 62.2 Å². The van der Waals surface area contributed by atoms with E-state index in [2.05, 4.69) is 6.58 Å². The van der Waals surface area contributed by atoms with Crippen molar-refractivity contribution < 1.29 is 37.3 Å². The number of aryl methyl sites for hydroxylation is 1. The average molecular weight is 579 g/mol. The van der Waals surface area contributed by atoms with Crippen LogP contribution in [0.15, 0.2) is 102 Å². The summed E-state index contributed by atoms with van der Waals surface area (Å²) < 4.78 is 43.7. The molecule has 1 heterocycles. The number of hydrogen-bond donors (Lipinski definition) is 1. The molecule has 5 atom stereocenters. The number of sulfone groups is 1. The molecular weight excluding hydrogens is 544 g/mol. The molecule has 0 bridgehead atoms. The minimum atomic E-state index is -3.73. The Morgan fingerprint density at radius 1 is 0.927 bits per heavy atom. The van der Waals surface area contributed by atoms with E-state index in [9.17, 15) is 23.1 Å². The lowest BCUT2D eigenvalue weighted by Gasteiger charge is -2.23. The number of carbonyl (C=O) groups is 2. The van der Waals surface area contributed by atoms with E-state index in [1.54, 1.807) is 91.0 Å². The Morgan fingerprint density at radius 3 is 2.10 bits per heavy atom. The van der Waals surface area contributed by atoms with Crippen LogP contribution in [0.3, 0.4) is 0 Å². The van der Waals surface area contributed by atoms with Crippen LogP contribution in [0, 0.1) is 12.8 Å². The van der Waals surface area contributed by atoms with Crippen LogP contribution >= 0.6 is 0 Å². The second kappa shape index (κ2) is 13.7. The van der Waals surface area contributed by atoms with Crippen LogP contribution in [0.4, 0.5) is 0 Å². The molecule has 0 unspecified atom stereocenters. The number of hydrogen-bond acceptors (Lipinski definition) is 8. The molecule has 3 aromatic rings. The Balaban J connectivity index is 1.51. The predicted octanol–water partition coefficient (Wildman–Crippen LogP) is 4.56. The summed E-state index contributed by atoms with van der Waals surface area (Å²) in [6.45, 7) is 5.34. The summed E-state index contributed by atoms with van der Waals surface area (Å²) in [5, 5.41) is 11.3. The Morgan fingerprint density at radius 2 is 1.51 bits per heavy atom. The maximum Gasteiger partial charge on any atom is 0.338 e. The summed E-state index contributed by atoms with van der Waals surface area (Å²) >= 11 is 0. The fraction of sp³-hybridized carbons (Fsp3) is 0.312. The van der Waals surface area contributed by atoms with Gasteiger partial charge in [0, 0.05) is 12.3 Å². The third-order valence-corrected chi connectivity index (χ3v) is 8.84. The second-order valence-electron chi connectivity index (χ2n) is 10.1. The van der Waals surface area contributed by atoms with E-state index >= 15 is 0 Å². The first-order valence-electron chi connectivity index (χ1n) is 13.4. The van der Waals surface area contributed by atoms with E-state index < -0.39 is 52.1 Å². The SMILES string of the molecule is C=CC[C@@H]1O[C@H](C[C@@H](COC(=O)c2ccccc2)OC(=O)c2ccccc2)[C@H](O)[C@H]1CS(=O)(=O)c1ccc(C)cc1. The van der Waals surface area contributed by atoms with E-state index in [1.807, 2.05) is 6.92 Å². The normalized spacial score (nSPS) is 21.1. The Labute approximate surface area is 240 Å². The van der Waals surface area contributed by atoms with Crippen molar-refractivity contribution in [3.63, 3.8) is 0 Å². The molecule has 0 aliphatic carbocycles. The zero-order chi connectivity index (χ0) is 29.4. The third kappa shape index (κ3) is 7.91. The van der Waals surface area contributed by atoms with Gasteiger partial charge in [0.2, 0.25) is 0 Å². The first kappa shape index (κ1) is 30.2. The number of ether oxygens (including phenoxy) is 3. The van der Waals surface area contributed by atoms with Crippen molar-refractivity contribution >= 4 is 21.8 Å². The first-order chi connectivity index (χ1) is 19.7. The molecule has 0 aromatic heterocycles. The lowest BCUT2D eigenvalue weighted by atomic mass is 9.94. The quantitative estimate of drug-likeness (QED) is 0.246. The number of rotatable bonds is 12. The summed E-state index contributed by atoms with van der Waals surface area (Å²) in [6.07, 6.45) is -1.72. The van der Waals surface area contributed by atoms with Crippen molar-refractivity contribution in [2.24, 2.45) is 5.92 Å². The topological polar surface area (TPSA) is 116 Å². The maximum absolute atomic E-state index is 13.2. The Bertz CT molecular complexity index is 1420. The molecule has 0 amide bonds. The van der Waals surface area contributed by atoms with Gasteiger partial charge in [-0.25, -0.2) is 18.0 Å². The molecule has 216 valence electrons. The van der Waals surface area contributed by atoms with Gasteiger partial charge < -0.3 is 19.3 Å². The monoisotopic (exact) mass is 578 g/mol. The van der Waals surface area contributed by atoms with Crippen LogP contribution < -0.4 is 0 Å². The fourth-order valence-electron chi connectivity index (χ4n) is 4.82. The molecular formula is C32H34O8S. The Hall–Kier alpha value is -3.79. The molecule has 1 aliphatic rings. The highest BCUT2D eigenvalue weighted by Crippen LogP contribution is 2.34. The van der Waals surface area contributed by atoms with Gasteiger partial charge in [-0.3, -0.25) is 0 Å². The largest absolute Gasteiger partial charge is 0.458 e. The van der Waals surface area contributed by atoms with Crippen LogP contribution in [0.5, 0.6) is 0 Å². The molecule has 1 N–H and O–H groups in total. The van der Waals surface area contributed by atoms with Gasteiger partial charge in [-0.05, 0) is 49.7 Å². The molecule has 9 heteroatoms. The zero-order valence-electron chi connectivity index (χ0n) is 22.8. The van der Waals surface area contributed by atoms with Gasteiger partial charge in [-0.15, -0.1) is 6.58 Å².